The number of halogens is 3. The van der Waals surface area contributed by atoms with Crippen molar-refractivity contribution < 1.29 is 17.9 Å². The van der Waals surface area contributed by atoms with Gasteiger partial charge in [-0.25, -0.2) is 0 Å². The predicted molar refractivity (Wildman–Crippen MR) is 74.9 cm³/mol. The van der Waals surface area contributed by atoms with Crippen molar-refractivity contribution in [2.24, 2.45) is 5.73 Å². The van der Waals surface area contributed by atoms with Crippen LogP contribution in [-0.2, 0) is 0 Å². The SMILES string of the molecule is CCCN(C1CC1)C(CN)c1ccccc1OC(F)(F)F. The molecule has 6 heteroatoms. The van der Waals surface area contributed by atoms with E-state index in [1.807, 2.05) is 0 Å². The average Bonchev–Trinajstić information content (AvgIpc) is 3.23. The summed E-state index contributed by atoms with van der Waals surface area (Å²) in [6.07, 6.45) is -1.59. The minimum Gasteiger partial charge on any atom is -0.405 e. The molecule has 1 unspecified atom stereocenters. The first kappa shape index (κ1) is 16.1. The molecule has 21 heavy (non-hydrogen) atoms. The Kier molecular flexibility index (Phi) is 5.11. The van der Waals surface area contributed by atoms with E-state index in [2.05, 4.69) is 16.6 Å². The van der Waals surface area contributed by atoms with Gasteiger partial charge in [-0.2, -0.15) is 0 Å². The largest absolute Gasteiger partial charge is 0.573 e. The van der Waals surface area contributed by atoms with Crippen LogP contribution in [0, 0.1) is 0 Å². The molecule has 1 saturated carbocycles. The van der Waals surface area contributed by atoms with E-state index < -0.39 is 6.36 Å². The maximum absolute atomic E-state index is 12.5. The Balaban J connectivity index is 2.28. The molecule has 1 aromatic rings. The molecule has 1 aromatic carbocycles. The van der Waals surface area contributed by atoms with Crippen LogP contribution in [0.5, 0.6) is 5.75 Å². The van der Waals surface area contributed by atoms with E-state index in [1.165, 1.54) is 6.07 Å². The molecule has 3 nitrogen and oxygen atoms in total. The zero-order valence-corrected chi connectivity index (χ0v) is 12.1. The lowest BCUT2D eigenvalue weighted by Crippen LogP contribution is -2.36. The smallest absolute Gasteiger partial charge is 0.405 e. The summed E-state index contributed by atoms with van der Waals surface area (Å²) in [5.74, 6) is -0.151. The quantitative estimate of drug-likeness (QED) is 0.838. The topological polar surface area (TPSA) is 38.5 Å². The number of hydrogen-bond acceptors (Lipinski definition) is 3. The molecule has 118 valence electrons. The normalized spacial score (nSPS) is 17.0. The number of hydrogen-bond donors (Lipinski definition) is 1. The number of rotatable bonds is 7. The minimum absolute atomic E-state index is 0.151. The van der Waals surface area contributed by atoms with Crippen molar-refractivity contribution in [2.75, 3.05) is 13.1 Å². The molecular weight excluding hydrogens is 281 g/mol. The summed E-state index contributed by atoms with van der Waals surface area (Å²) in [7, 11) is 0. The lowest BCUT2D eigenvalue weighted by atomic mass is 10.0. The molecule has 0 heterocycles. The molecule has 0 bridgehead atoms. The first-order chi connectivity index (χ1) is 9.96. The van der Waals surface area contributed by atoms with Crippen molar-refractivity contribution in [2.45, 2.75) is 44.6 Å². The zero-order valence-electron chi connectivity index (χ0n) is 12.1. The molecule has 2 N–H and O–H groups in total. The molecule has 0 aliphatic heterocycles. The van der Waals surface area contributed by atoms with Crippen LogP contribution in [0.2, 0.25) is 0 Å². The molecular formula is C15H21F3N2O. The summed E-state index contributed by atoms with van der Waals surface area (Å²) in [5, 5.41) is 0. The van der Waals surface area contributed by atoms with Crippen molar-refractivity contribution in [3.63, 3.8) is 0 Å². The lowest BCUT2D eigenvalue weighted by molar-refractivity contribution is -0.275. The number of nitrogens with zero attached hydrogens (tertiary/aromatic N) is 1. The van der Waals surface area contributed by atoms with E-state index in [0.717, 1.165) is 25.8 Å². The van der Waals surface area contributed by atoms with Crippen LogP contribution in [-0.4, -0.2) is 30.4 Å². The Labute approximate surface area is 122 Å². The van der Waals surface area contributed by atoms with Crippen molar-refractivity contribution in [3.05, 3.63) is 29.8 Å². The van der Waals surface area contributed by atoms with Gasteiger partial charge < -0.3 is 10.5 Å². The summed E-state index contributed by atoms with van der Waals surface area (Å²) >= 11 is 0. The number of para-hydroxylation sites is 1. The van der Waals surface area contributed by atoms with Gasteiger partial charge in [-0.1, -0.05) is 25.1 Å². The Hall–Kier alpha value is -1.27. The van der Waals surface area contributed by atoms with Gasteiger partial charge in [0.05, 0.1) is 6.04 Å². The molecule has 2 rings (SSSR count). The molecule has 0 saturated heterocycles. The van der Waals surface area contributed by atoms with Gasteiger partial charge >= 0.3 is 6.36 Å². The van der Waals surface area contributed by atoms with Crippen LogP contribution >= 0.6 is 0 Å². The number of ether oxygens (including phenoxy) is 1. The Morgan fingerprint density at radius 1 is 1.33 bits per heavy atom. The summed E-state index contributed by atoms with van der Waals surface area (Å²) < 4.78 is 41.8. The Morgan fingerprint density at radius 3 is 2.52 bits per heavy atom. The van der Waals surface area contributed by atoms with E-state index in [0.29, 0.717) is 11.6 Å². The monoisotopic (exact) mass is 302 g/mol. The number of benzene rings is 1. The summed E-state index contributed by atoms with van der Waals surface area (Å²) in [4.78, 5) is 2.21. The van der Waals surface area contributed by atoms with Crippen LogP contribution in [0.4, 0.5) is 13.2 Å². The fourth-order valence-corrected chi connectivity index (χ4v) is 2.67. The summed E-state index contributed by atoms with van der Waals surface area (Å²) in [5.41, 5.74) is 6.37. The third-order valence-electron chi connectivity index (χ3n) is 3.62. The second-order valence-corrected chi connectivity index (χ2v) is 5.31. The predicted octanol–water partition coefficient (Wildman–Crippen LogP) is 3.46. The number of alkyl halides is 3. The lowest BCUT2D eigenvalue weighted by Gasteiger charge is -2.32. The van der Waals surface area contributed by atoms with Gasteiger partial charge in [-0.15, -0.1) is 13.2 Å². The van der Waals surface area contributed by atoms with Crippen LogP contribution in [0.1, 0.15) is 37.8 Å². The third-order valence-corrected chi connectivity index (χ3v) is 3.62. The summed E-state index contributed by atoms with van der Waals surface area (Å²) in [6, 6.07) is 6.47. The van der Waals surface area contributed by atoms with Crippen molar-refractivity contribution in [3.8, 4) is 5.75 Å². The molecule has 0 radical (unpaired) electrons. The molecule has 0 aromatic heterocycles. The van der Waals surface area contributed by atoms with E-state index in [1.54, 1.807) is 18.2 Å². The zero-order chi connectivity index (χ0) is 15.5. The van der Waals surface area contributed by atoms with Crippen molar-refractivity contribution >= 4 is 0 Å². The second-order valence-electron chi connectivity index (χ2n) is 5.31. The van der Waals surface area contributed by atoms with Crippen molar-refractivity contribution in [1.82, 2.24) is 4.90 Å². The molecule has 0 spiro atoms. The minimum atomic E-state index is -4.69. The molecule has 0 amide bonds. The van der Waals surface area contributed by atoms with Gasteiger partial charge in [0.2, 0.25) is 0 Å². The number of nitrogens with two attached hydrogens (primary N) is 1. The molecule has 1 atom stereocenters. The van der Waals surface area contributed by atoms with Gasteiger partial charge in [0, 0.05) is 18.2 Å². The van der Waals surface area contributed by atoms with Crippen LogP contribution in [0.15, 0.2) is 24.3 Å². The molecule has 1 fully saturated rings. The fraction of sp³-hybridized carbons (Fsp3) is 0.600. The Bertz CT molecular complexity index is 460. The first-order valence-electron chi connectivity index (χ1n) is 7.26. The van der Waals surface area contributed by atoms with Gasteiger partial charge in [0.1, 0.15) is 5.75 Å². The molecule has 1 aliphatic carbocycles. The maximum atomic E-state index is 12.5. The van der Waals surface area contributed by atoms with Crippen LogP contribution in [0.3, 0.4) is 0 Å². The highest BCUT2D eigenvalue weighted by Gasteiger charge is 2.37. The van der Waals surface area contributed by atoms with Gasteiger partial charge in [-0.3, -0.25) is 4.90 Å². The van der Waals surface area contributed by atoms with Gasteiger partial charge in [-0.05, 0) is 31.9 Å². The highest BCUT2D eigenvalue weighted by molar-refractivity contribution is 5.36. The fourth-order valence-electron chi connectivity index (χ4n) is 2.67. The first-order valence-corrected chi connectivity index (χ1v) is 7.26. The van der Waals surface area contributed by atoms with E-state index in [-0.39, 0.29) is 18.3 Å². The third kappa shape index (κ3) is 4.35. The molecule has 1 aliphatic rings. The maximum Gasteiger partial charge on any atom is 0.573 e. The van der Waals surface area contributed by atoms with E-state index in [4.69, 9.17) is 5.73 Å². The second kappa shape index (κ2) is 6.66. The highest BCUT2D eigenvalue weighted by atomic mass is 19.4. The summed E-state index contributed by atoms with van der Waals surface area (Å²) in [6.45, 7) is 3.16. The van der Waals surface area contributed by atoms with Gasteiger partial charge in [0.25, 0.3) is 0 Å². The average molecular weight is 302 g/mol. The highest BCUT2D eigenvalue weighted by Crippen LogP contribution is 2.38. The standard InChI is InChI=1S/C15H21F3N2O/c1-2-9-20(11-7-8-11)13(10-19)12-5-3-4-6-14(12)21-15(16,17)18/h3-6,11,13H,2,7-10,19H2,1H3. The van der Waals surface area contributed by atoms with E-state index >= 15 is 0 Å². The van der Waals surface area contributed by atoms with Crippen molar-refractivity contribution in [1.29, 1.82) is 0 Å². The van der Waals surface area contributed by atoms with Crippen LogP contribution in [0.25, 0.3) is 0 Å². The Morgan fingerprint density at radius 2 is 2.00 bits per heavy atom. The van der Waals surface area contributed by atoms with E-state index in [9.17, 15) is 13.2 Å². The van der Waals surface area contributed by atoms with Crippen LogP contribution < -0.4 is 10.5 Å². The van der Waals surface area contributed by atoms with Gasteiger partial charge in [0.15, 0.2) is 0 Å².